The lowest BCUT2D eigenvalue weighted by Gasteiger charge is -2.35. The fraction of sp³-hybridized carbons (Fsp3) is 0.500. The highest BCUT2D eigenvalue weighted by atomic mass is 79.9. The Morgan fingerprint density at radius 1 is 1.58 bits per heavy atom. The van der Waals surface area contributed by atoms with Crippen LogP contribution < -0.4 is 5.32 Å². The molecule has 1 fully saturated rings. The summed E-state index contributed by atoms with van der Waals surface area (Å²) in [6.45, 7) is 2.60. The average Bonchev–Trinajstić information content (AvgIpc) is 2.30. The summed E-state index contributed by atoms with van der Waals surface area (Å²) in [4.78, 5) is 10.3. The molecule has 0 atom stereocenters. The third-order valence-electron chi connectivity index (χ3n) is 3.09. The van der Waals surface area contributed by atoms with Gasteiger partial charge in [-0.15, -0.1) is 0 Å². The summed E-state index contributed by atoms with van der Waals surface area (Å²) < 4.78 is 18.9. The van der Waals surface area contributed by atoms with Gasteiger partial charge in [0, 0.05) is 12.6 Å². The monoisotopic (exact) mass is 332 g/mol. The molecule has 0 aliphatic heterocycles. The maximum atomic E-state index is 13.3. The quantitative estimate of drug-likeness (QED) is 0.662. The largest absolute Gasteiger partial charge is 0.378 e. The van der Waals surface area contributed by atoms with Crippen LogP contribution in [0.25, 0.3) is 0 Å². The Balaban J connectivity index is 2.08. The second kappa shape index (κ2) is 5.83. The first-order valence-electron chi connectivity index (χ1n) is 6.02. The van der Waals surface area contributed by atoms with Crippen molar-refractivity contribution in [3.05, 3.63) is 32.5 Å². The summed E-state index contributed by atoms with van der Waals surface area (Å²) in [5, 5.41) is 14.0. The van der Waals surface area contributed by atoms with Crippen LogP contribution in [0.1, 0.15) is 19.8 Å². The van der Waals surface area contributed by atoms with Crippen molar-refractivity contribution >= 4 is 27.3 Å². The molecule has 2 rings (SSSR count). The van der Waals surface area contributed by atoms with Gasteiger partial charge in [-0.1, -0.05) is 0 Å². The number of rotatable bonds is 5. The van der Waals surface area contributed by atoms with E-state index in [1.165, 1.54) is 6.07 Å². The van der Waals surface area contributed by atoms with Crippen LogP contribution in [0.15, 0.2) is 16.6 Å². The lowest BCUT2D eigenvalue weighted by Crippen LogP contribution is -2.40. The van der Waals surface area contributed by atoms with Crippen molar-refractivity contribution in [3.63, 3.8) is 0 Å². The predicted molar refractivity (Wildman–Crippen MR) is 72.8 cm³/mol. The molecule has 0 heterocycles. The first-order valence-corrected chi connectivity index (χ1v) is 6.82. The molecular weight excluding hydrogens is 319 g/mol. The summed E-state index contributed by atoms with van der Waals surface area (Å²) in [5.41, 5.74) is 0.0822. The highest BCUT2D eigenvalue weighted by molar-refractivity contribution is 9.10. The van der Waals surface area contributed by atoms with Crippen molar-refractivity contribution in [1.29, 1.82) is 0 Å². The number of anilines is 1. The number of benzene rings is 1. The Kier molecular flexibility index (Phi) is 4.36. The minimum atomic E-state index is -0.641. The molecule has 1 aromatic rings. The van der Waals surface area contributed by atoms with Gasteiger partial charge >= 0.3 is 0 Å². The van der Waals surface area contributed by atoms with Crippen molar-refractivity contribution < 1.29 is 14.1 Å². The van der Waals surface area contributed by atoms with E-state index in [9.17, 15) is 14.5 Å². The average molecular weight is 333 g/mol. The van der Waals surface area contributed by atoms with E-state index in [1.54, 1.807) is 0 Å². The summed E-state index contributed by atoms with van der Waals surface area (Å²) >= 11 is 3.03. The number of nitro benzene ring substituents is 1. The maximum Gasteiger partial charge on any atom is 0.295 e. The zero-order chi connectivity index (χ0) is 14.0. The van der Waals surface area contributed by atoms with Gasteiger partial charge in [-0.25, -0.2) is 4.39 Å². The van der Waals surface area contributed by atoms with E-state index in [0.717, 1.165) is 18.9 Å². The number of nitrogens with one attached hydrogen (secondary N) is 1. The van der Waals surface area contributed by atoms with Crippen molar-refractivity contribution in [2.75, 3.05) is 11.9 Å². The Labute approximate surface area is 118 Å². The normalized spacial score (nSPS) is 21.8. The van der Waals surface area contributed by atoms with E-state index in [0.29, 0.717) is 12.3 Å². The van der Waals surface area contributed by atoms with E-state index in [2.05, 4.69) is 21.2 Å². The Morgan fingerprint density at radius 2 is 2.26 bits per heavy atom. The van der Waals surface area contributed by atoms with Gasteiger partial charge in [-0.2, -0.15) is 0 Å². The summed E-state index contributed by atoms with van der Waals surface area (Å²) in [5.74, 6) is -0.641. The second-order valence-corrected chi connectivity index (χ2v) is 5.28. The molecule has 19 heavy (non-hydrogen) atoms. The molecule has 0 spiro atoms. The van der Waals surface area contributed by atoms with Gasteiger partial charge < -0.3 is 10.1 Å². The van der Waals surface area contributed by atoms with Crippen molar-refractivity contribution in [2.45, 2.75) is 31.9 Å². The number of hydrogen-bond donors (Lipinski definition) is 1. The van der Waals surface area contributed by atoms with Gasteiger partial charge in [0.2, 0.25) is 0 Å². The minimum absolute atomic E-state index is 0.132. The van der Waals surface area contributed by atoms with Crippen molar-refractivity contribution in [3.8, 4) is 0 Å². The van der Waals surface area contributed by atoms with Crippen molar-refractivity contribution in [2.24, 2.45) is 0 Å². The molecule has 1 N–H and O–H groups in total. The molecule has 0 bridgehead atoms. The Hall–Kier alpha value is -1.21. The summed E-state index contributed by atoms with van der Waals surface area (Å²) in [7, 11) is 0. The maximum absolute atomic E-state index is 13.3. The molecule has 1 saturated carbocycles. The van der Waals surface area contributed by atoms with Crippen molar-refractivity contribution in [1.82, 2.24) is 0 Å². The number of hydrogen-bond acceptors (Lipinski definition) is 4. The van der Waals surface area contributed by atoms with Gasteiger partial charge in [0.15, 0.2) is 0 Å². The molecule has 0 saturated heterocycles. The lowest BCUT2D eigenvalue weighted by molar-refractivity contribution is -0.384. The van der Waals surface area contributed by atoms with Gasteiger partial charge in [0.1, 0.15) is 11.5 Å². The van der Waals surface area contributed by atoms with E-state index < -0.39 is 10.7 Å². The fourth-order valence-corrected chi connectivity index (χ4v) is 2.42. The van der Waals surface area contributed by atoms with Crippen LogP contribution in [-0.4, -0.2) is 23.7 Å². The molecule has 7 heteroatoms. The third-order valence-corrected chi connectivity index (χ3v) is 3.70. The van der Waals surface area contributed by atoms with Crippen LogP contribution in [0, 0.1) is 15.9 Å². The van der Waals surface area contributed by atoms with Gasteiger partial charge in [0.05, 0.1) is 21.6 Å². The van der Waals surface area contributed by atoms with Gasteiger partial charge in [-0.3, -0.25) is 10.1 Å². The second-order valence-electron chi connectivity index (χ2n) is 4.43. The molecule has 1 aromatic carbocycles. The molecule has 1 aliphatic carbocycles. The Morgan fingerprint density at radius 3 is 2.84 bits per heavy atom. The smallest absolute Gasteiger partial charge is 0.295 e. The SMILES string of the molecule is CCOC1CC(Nc2cc(Br)c(F)cc2[N+](=O)[O-])C1. The molecule has 104 valence electrons. The highest BCUT2D eigenvalue weighted by Crippen LogP contribution is 2.34. The first-order chi connectivity index (χ1) is 9.01. The third kappa shape index (κ3) is 3.22. The molecule has 0 aromatic heterocycles. The molecule has 0 unspecified atom stereocenters. The molecule has 0 amide bonds. The first kappa shape index (κ1) is 14.2. The predicted octanol–water partition coefficient (Wildman–Crippen LogP) is 3.48. The van der Waals surface area contributed by atoms with Gasteiger partial charge in [0.25, 0.3) is 5.69 Å². The fourth-order valence-electron chi connectivity index (χ4n) is 2.08. The zero-order valence-electron chi connectivity index (χ0n) is 10.4. The van der Waals surface area contributed by atoms with Gasteiger partial charge in [-0.05, 0) is 41.8 Å². The number of halogens is 2. The molecule has 5 nitrogen and oxygen atoms in total. The van der Waals surface area contributed by atoms with Crippen LogP contribution in [0.5, 0.6) is 0 Å². The van der Waals surface area contributed by atoms with Crippen LogP contribution >= 0.6 is 15.9 Å². The summed E-state index contributed by atoms with van der Waals surface area (Å²) in [6.07, 6.45) is 1.82. The van der Waals surface area contributed by atoms with Crippen LogP contribution in [-0.2, 0) is 4.74 Å². The number of ether oxygens (including phenoxy) is 1. The lowest BCUT2D eigenvalue weighted by atomic mass is 9.89. The van der Waals surface area contributed by atoms with E-state index >= 15 is 0 Å². The molecule has 0 radical (unpaired) electrons. The number of nitrogens with zero attached hydrogens (tertiary/aromatic N) is 1. The topological polar surface area (TPSA) is 64.4 Å². The van der Waals surface area contributed by atoms with Crippen LogP contribution in [0.3, 0.4) is 0 Å². The molecule has 1 aliphatic rings. The highest BCUT2D eigenvalue weighted by Gasteiger charge is 2.31. The van der Waals surface area contributed by atoms with E-state index in [4.69, 9.17) is 4.74 Å². The van der Waals surface area contributed by atoms with Crippen LogP contribution in [0.4, 0.5) is 15.8 Å². The zero-order valence-corrected chi connectivity index (χ0v) is 11.9. The minimum Gasteiger partial charge on any atom is -0.378 e. The van der Waals surface area contributed by atoms with E-state index in [1.807, 2.05) is 6.92 Å². The molecular formula is C12H14BrFN2O3. The number of nitro groups is 1. The Bertz CT molecular complexity index is 492. The van der Waals surface area contributed by atoms with Crippen LogP contribution in [0.2, 0.25) is 0 Å². The standard InChI is InChI=1S/C12H14BrFN2O3/c1-2-19-8-3-7(4-8)15-11-5-9(13)10(14)6-12(11)16(17)18/h5-8,15H,2-4H2,1H3. The van der Waals surface area contributed by atoms with E-state index in [-0.39, 0.29) is 22.3 Å². The summed E-state index contributed by atoms with van der Waals surface area (Å²) in [6, 6.07) is 2.46.